The van der Waals surface area contributed by atoms with Crippen LogP contribution in [-0.2, 0) is 17.8 Å². The average Bonchev–Trinajstić information content (AvgIpc) is 2.49. The molecule has 0 saturated carbocycles. The van der Waals surface area contributed by atoms with E-state index in [-0.39, 0.29) is 11.2 Å². The number of aryl methyl sites for hydroxylation is 1. The van der Waals surface area contributed by atoms with Gasteiger partial charge >= 0.3 is 0 Å². The molecule has 0 bridgehead atoms. The summed E-state index contributed by atoms with van der Waals surface area (Å²) in [5, 5.41) is -0.203. The number of nitrogens with zero attached hydrogens (tertiary/aromatic N) is 1. The molecule has 1 amide bonds. The molecular formula is C13H17NOS. The zero-order valence-corrected chi connectivity index (χ0v) is 10.4. The van der Waals surface area contributed by atoms with Crippen LogP contribution in [0.5, 0.6) is 0 Å². The van der Waals surface area contributed by atoms with Gasteiger partial charge in [-0.2, -0.15) is 12.6 Å². The van der Waals surface area contributed by atoms with Gasteiger partial charge in [-0.05, 0) is 30.9 Å². The molecule has 0 fully saturated rings. The first-order chi connectivity index (χ1) is 7.68. The number of benzene rings is 1. The average molecular weight is 235 g/mol. The van der Waals surface area contributed by atoms with Crippen LogP contribution in [0.15, 0.2) is 24.3 Å². The topological polar surface area (TPSA) is 20.3 Å². The van der Waals surface area contributed by atoms with Crippen molar-refractivity contribution in [3.8, 4) is 0 Å². The van der Waals surface area contributed by atoms with E-state index in [0.29, 0.717) is 0 Å². The summed E-state index contributed by atoms with van der Waals surface area (Å²) in [5.74, 6) is 0.139. The minimum Gasteiger partial charge on any atom is -0.337 e. The molecule has 1 aromatic rings. The van der Waals surface area contributed by atoms with Crippen LogP contribution < -0.4 is 0 Å². The Kier molecular flexibility index (Phi) is 3.54. The minimum atomic E-state index is -0.203. The molecule has 3 heteroatoms. The zero-order chi connectivity index (χ0) is 11.5. The molecule has 1 aliphatic heterocycles. The van der Waals surface area contributed by atoms with Crippen LogP contribution in [-0.4, -0.2) is 22.6 Å². The van der Waals surface area contributed by atoms with Gasteiger partial charge in [0.05, 0.1) is 5.25 Å². The number of hydrogen-bond acceptors (Lipinski definition) is 2. The van der Waals surface area contributed by atoms with Gasteiger partial charge in [0.1, 0.15) is 0 Å². The second-order valence-corrected chi connectivity index (χ2v) is 5.08. The Morgan fingerprint density at radius 2 is 2.06 bits per heavy atom. The fourth-order valence-electron chi connectivity index (χ4n) is 2.15. The summed E-state index contributed by atoms with van der Waals surface area (Å²) in [6.45, 7) is 3.42. The van der Waals surface area contributed by atoms with Crippen molar-refractivity contribution in [2.75, 3.05) is 6.54 Å². The molecule has 1 atom stereocenters. The van der Waals surface area contributed by atoms with E-state index in [0.717, 1.165) is 25.9 Å². The van der Waals surface area contributed by atoms with Gasteiger partial charge in [0.25, 0.3) is 0 Å². The highest BCUT2D eigenvalue weighted by Crippen LogP contribution is 2.19. The molecule has 0 saturated heterocycles. The molecule has 16 heavy (non-hydrogen) atoms. The first-order valence-corrected chi connectivity index (χ1v) is 6.24. The minimum absolute atomic E-state index is 0.139. The highest BCUT2D eigenvalue weighted by molar-refractivity contribution is 7.81. The van der Waals surface area contributed by atoms with Crippen molar-refractivity contribution in [1.82, 2.24) is 4.90 Å². The Labute approximate surface area is 102 Å². The summed E-state index contributed by atoms with van der Waals surface area (Å²) in [6, 6.07) is 8.38. The molecule has 2 rings (SSSR count). The Morgan fingerprint density at radius 3 is 2.75 bits per heavy atom. The van der Waals surface area contributed by atoms with E-state index in [1.807, 2.05) is 17.9 Å². The van der Waals surface area contributed by atoms with Gasteiger partial charge in [0.15, 0.2) is 0 Å². The molecule has 0 radical (unpaired) electrons. The predicted molar refractivity (Wildman–Crippen MR) is 68.6 cm³/mol. The number of hydrogen-bond donors (Lipinski definition) is 1. The van der Waals surface area contributed by atoms with Crippen LogP contribution in [0.1, 0.15) is 24.5 Å². The van der Waals surface area contributed by atoms with Gasteiger partial charge in [-0.1, -0.05) is 24.3 Å². The summed E-state index contributed by atoms with van der Waals surface area (Å²) < 4.78 is 0. The normalized spacial score (nSPS) is 17.5. The number of rotatable bonds is 1. The lowest BCUT2D eigenvalue weighted by Crippen LogP contribution is -2.35. The quantitative estimate of drug-likeness (QED) is 0.740. The van der Waals surface area contributed by atoms with Crippen LogP contribution in [0, 0.1) is 0 Å². The third kappa shape index (κ3) is 2.40. The Hall–Kier alpha value is -0.960. The van der Waals surface area contributed by atoms with Crippen molar-refractivity contribution in [3.63, 3.8) is 0 Å². The maximum atomic E-state index is 11.9. The van der Waals surface area contributed by atoms with Crippen molar-refractivity contribution >= 4 is 18.5 Å². The fraction of sp³-hybridized carbons (Fsp3) is 0.462. The molecular weight excluding hydrogens is 218 g/mol. The van der Waals surface area contributed by atoms with E-state index >= 15 is 0 Å². The summed E-state index contributed by atoms with van der Waals surface area (Å²) in [5.41, 5.74) is 2.66. The highest BCUT2D eigenvalue weighted by atomic mass is 32.1. The number of fused-ring (bicyclic) bond motifs is 1. The van der Waals surface area contributed by atoms with E-state index in [9.17, 15) is 4.79 Å². The van der Waals surface area contributed by atoms with Gasteiger partial charge in [0, 0.05) is 13.1 Å². The van der Waals surface area contributed by atoms with Crippen LogP contribution >= 0.6 is 12.6 Å². The Bertz CT molecular complexity index is 389. The van der Waals surface area contributed by atoms with Crippen molar-refractivity contribution in [2.45, 2.75) is 31.6 Å². The monoisotopic (exact) mass is 235 g/mol. The van der Waals surface area contributed by atoms with Gasteiger partial charge in [-0.3, -0.25) is 4.79 Å². The second kappa shape index (κ2) is 4.91. The first kappa shape index (κ1) is 11.5. The van der Waals surface area contributed by atoms with Crippen molar-refractivity contribution in [3.05, 3.63) is 35.4 Å². The van der Waals surface area contributed by atoms with E-state index in [1.54, 1.807) is 0 Å². The third-order valence-electron chi connectivity index (χ3n) is 3.02. The lowest BCUT2D eigenvalue weighted by molar-refractivity contribution is -0.130. The largest absolute Gasteiger partial charge is 0.337 e. The summed E-state index contributed by atoms with van der Waals surface area (Å²) >= 11 is 4.22. The molecule has 86 valence electrons. The van der Waals surface area contributed by atoms with Crippen LogP contribution in [0.3, 0.4) is 0 Å². The summed E-state index contributed by atoms with van der Waals surface area (Å²) in [7, 11) is 0. The number of carbonyl (C=O) groups excluding carboxylic acids is 1. The predicted octanol–water partition coefficient (Wildman–Crippen LogP) is 2.28. The number of amides is 1. The van der Waals surface area contributed by atoms with Crippen LogP contribution in [0.4, 0.5) is 0 Å². The standard InChI is InChI=1S/C13H17NOS/c1-10(16)13(15)14-8-4-7-11-5-2-3-6-12(11)9-14/h2-3,5-6,10,16H,4,7-9H2,1H3. The molecule has 1 aliphatic rings. The molecule has 0 spiro atoms. The smallest absolute Gasteiger partial charge is 0.235 e. The fourth-order valence-corrected chi connectivity index (χ4v) is 2.32. The number of carbonyl (C=O) groups is 1. The molecule has 0 N–H and O–H groups in total. The lowest BCUT2D eigenvalue weighted by Gasteiger charge is -2.22. The molecule has 0 aliphatic carbocycles. The van der Waals surface area contributed by atoms with Crippen LogP contribution in [0.2, 0.25) is 0 Å². The Balaban J connectivity index is 2.20. The van der Waals surface area contributed by atoms with Gasteiger partial charge < -0.3 is 4.90 Å². The van der Waals surface area contributed by atoms with E-state index in [1.165, 1.54) is 11.1 Å². The first-order valence-electron chi connectivity index (χ1n) is 5.72. The van der Waals surface area contributed by atoms with Gasteiger partial charge in [0.2, 0.25) is 5.91 Å². The second-order valence-electron chi connectivity index (χ2n) is 4.31. The van der Waals surface area contributed by atoms with Crippen LogP contribution in [0.25, 0.3) is 0 Å². The summed E-state index contributed by atoms with van der Waals surface area (Å²) in [6.07, 6.45) is 2.12. The highest BCUT2D eigenvalue weighted by Gasteiger charge is 2.20. The summed E-state index contributed by atoms with van der Waals surface area (Å²) in [4.78, 5) is 13.8. The maximum Gasteiger partial charge on any atom is 0.235 e. The van der Waals surface area contributed by atoms with E-state index in [4.69, 9.17) is 0 Å². The lowest BCUT2D eigenvalue weighted by atomic mass is 10.0. The third-order valence-corrected chi connectivity index (χ3v) is 3.24. The van der Waals surface area contributed by atoms with Gasteiger partial charge in [-0.25, -0.2) is 0 Å². The van der Waals surface area contributed by atoms with E-state index < -0.39 is 0 Å². The molecule has 1 heterocycles. The van der Waals surface area contributed by atoms with Gasteiger partial charge in [-0.15, -0.1) is 0 Å². The molecule has 1 aromatic carbocycles. The molecule has 2 nitrogen and oxygen atoms in total. The van der Waals surface area contributed by atoms with E-state index in [2.05, 4.69) is 30.8 Å². The molecule has 1 unspecified atom stereocenters. The SMILES string of the molecule is CC(S)C(=O)N1CCCc2ccccc2C1. The van der Waals surface area contributed by atoms with Crippen molar-refractivity contribution in [1.29, 1.82) is 0 Å². The maximum absolute atomic E-state index is 11.9. The van der Waals surface area contributed by atoms with Crippen molar-refractivity contribution < 1.29 is 4.79 Å². The number of thiol groups is 1. The zero-order valence-electron chi connectivity index (χ0n) is 9.52. The van der Waals surface area contributed by atoms with Crippen molar-refractivity contribution in [2.24, 2.45) is 0 Å². The Morgan fingerprint density at radius 1 is 1.38 bits per heavy atom. The molecule has 0 aromatic heterocycles.